The van der Waals surface area contributed by atoms with Crippen LogP contribution in [-0.4, -0.2) is 65.1 Å². The van der Waals surface area contributed by atoms with Crippen LogP contribution in [-0.2, 0) is 9.59 Å². The van der Waals surface area contributed by atoms with Gasteiger partial charge in [-0.3, -0.25) is 14.4 Å². The molecule has 2 aromatic rings. The van der Waals surface area contributed by atoms with Gasteiger partial charge in [0.1, 0.15) is 11.8 Å². The Bertz CT molecular complexity index is 1160. The number of carbonyl (C=O) groups is 3. The summed E-state index contributed by atoms with van der Waals surface area (Å²) in [7, 11) is 1.62. The summed E-state index contributed by atoms with van der Waals surface area (Å²) in [5, 5.41) is 16.6. The molecule has 1 aliphatic heterocycles. The Hall–Kier alpha value is -2.91. The lowest BCUT2D eigenvalue weighted by atomic mass is 9.68. The van der Waals surface area contributed by atoms with E-state index in [0.717, 1.165) is 22.6 Å². The standard InChI is InChI=1S/C28H37N3O5S/c1-27(2,3)30-18-8-13-23(28(4,16-18)26(34)35)31-15-14-20(25(31)33)29-24(32)22-12-11-21(37-22)17-6-9-19(36-5)10-7-17/h6-7,9-12,18,20,23,30H,8,13-16H2,1-5H3,(H,29,32)(H,34,35)/t18-,20?,23+,28-/m1/s1. The smallest absolute Gasteiger partial charge is 0.311 e. The maximum absolute atomic E-state index is 13.4. The average Bonchev–Trinajstić information content (AvgIpc) is 3.46. The van der Waals surface area contributed by atoms with Gasteiger partial charge in [0.25, 0.3) is 5.91 Å². The van der Waals surface area contributed by atoms with E-state index in [2.05, 4.69) is 31.4 Å². The maximum Gasteiger partial charge on any atom is 0.311 e. The number of nitrogens with zero attached hydrogens (tertiary/aromatic N) is 1. The van der Waals surface area contributed by atoms with Gasteiger partial charge in [0.2, 0.25) is 5.91 Å². The quantitative estimate of drug-likeness (QED) is 0.499. The van der Waals surface area contributed by atoms with Crippen molar-refractivity contribution in [3.05, 3.63) is 41.3 Å². The van der Waals surface area contributed by atoms with Gasteiger partial charge in [-0.1, -0.05) is 0 Å². The number of hydrogen-bond acceptors (Lipinski definition) is 6. The highest BCUT2D eigenvalue weighted by Gasteiger charge is 2.52. The molecule has 200 valence electrons. The van der Waals surface area contributed by atoms with Gasteiger partial charge in [-0.2, -0.15) is 0 Å². The molecule has 2 heterocycles. The zero-order valence-corrected chi connectivity index (χ0v) is 23.0. The van der Waals surface area contributed by atoms with Crippen molar-refractivity contribution < 1.29 is 24.2 Å². The summed E-state index contributed by atoms with van der Waals surface area (Å²) >= 11 is 1.37. The summed E-state index contributed by atoms with van der Waals surface area (Å²) < 4.78 is 5.20. The summed E-state index contributed by atoms with van der Waals surface area (Å²) in [6.07, 6.45) is 2.33. The molecule has 3 N–H and O–H groups in total. The molecule has 1 unspecified atom stereocenters. The molecule has 9 heteroatoms. The van der Waals surface area contributed by atoms with Crippen LogP contribution in [0.5, 0.6) is 5.75 Å². The van der Waals surface area contributed by atoms with Gasteiger partial charge in [-0.15, -0.1) is 11.3 Å². The Labute approximate surface area is 222 Å². The highest BCUT2D eigenvalue weighted by molar-refractivity contribution is 7.17. The van der Waals surface area contributed by atoms with E-state index in [1.165, 1.54) is 11.3 Å². The van der Waals surface area contributed by atoms with E-state index >= 15 is 0 Å². The van der Waals surface area contributed by atoms with Gasteiger partial charge in [-0.05, 0) is 95.3 Å². The van der Waals surface area contributed by atoms with Crippen LogP contribution in [0, 0.1) is 5.41 Å². The second kappa shape index (κ2) is 10.5. The summed E-state index contributed by atoms with van der Waals surface area (Å²) in [4.78, 5) is 42.0. The van der Waals surface area contributed by atoms with Gasteiger partial charge in [-0.25, -0.2) is 0 Å². The Kier molecular flexibility index (Phi) is 7.67. The molecule has 1 saturated heterocycles. The first kappa shape index (κ1) is 27.1. The van der Waals surface area contributed by atoms with Crippen molar-refractivity contribution in [2.45, 2.75) is 77.0 Å². The van der Waals surface area contributed by atoms with E-state index in [4.69, 9.17) is 4.74 Å². The predicted octanol–water partition coefficient (Wildman–Crippen LogP) is 4.15. The lowest BCUT2D eigenvalue weighted by molar-refractivity contribution is -0.158. The highest BCUT2D eigenvalue weighted by Crippen LogP contribution is 2.41. The molecule has 0 bridgehead atoms. The number of carboxylic acids is 1. The van der Waals surface area contributed by atoms with Gasteiger partial charge >= 0.3 is 5.97 Å². The molecule has 1 aromatic carbocycles. The molecule has 37 heavy (non-hydrogen) atoms. The molecular weight excluding hydrogens is 490 g/mol. The van der Waals surface area contributed by atoms with Crippen molar-refractivity contribution in [1.82, 2.24) is 15.5 Å². The Morgan fingerprint density at radius 2 is 1.81 bits per heavy atom. The topological polar surface area (TPSA) is 108 Å². The van der Waals surface area contributed by atoms with Crippen molar-refractivity contribution in [3.8, 4) is 16.2 Å². The van der Waals surface area contributed by atoms with Gasteiger partial charge in [0.15, 0.2) is 0 Å². The van der Waals surface area contributed by atoms with Gasteiger partial charge < -0.3 is 25.4 Å². The van der Waals surface area contributed by atoms with Crippen LogP contribution in [0.1, 0.15) is 63.0 Å². The summed E-state index contributed by atoms with van der Waals surface area (Å²) in [6.45, 7) is 8.41. The Balaban J connectivity index is 1.42. The average molecular weight is 528 g/mol. The van der Waals surface area contributed by atoms with Crippen molar-refractivity contribution in [2.75, 3.05) is 13.7 Å². The summed E-state index contributed by atoms with van der Waals surface area (Å²) in [6, 6.07) is 10.3. The van der Waals surface area contributed by atoms with Crippen LogP contribution in [0.4, 0.5) is 0 Å². The van der Waals surface area contributed by atoms with Crippen LogP contribution in [0.25, 0.3) is 10.4 Å². The van der Waals surface area contributed by atoms with Crippen molar-refractivity contribution in [2.24, 2.45) is 5.41 Å². The second-order valence-electron chi connectivity index (χ2n) is 11.3. The van der Waals surface area contributed by atoms with E-state index in [1.807, 2.05) is 30.3 Å². The fraction of sp³-hybridized carbons (Fsp3) is 0.536. The predicted molar refractivity (Wildman–Crippen MR) is 144 cm³/mol. The third-order valence-electron chi connectivity index (χ3n) is 7.45. The number of benzene rings is 1. The zero-order chi connectivity index (χ0) is 27.0. The maximum atomic E-state index is 13.4. The van der Waals surface area contributed by atoms with Crippen LogP contribution < -0.4 is 15.4 Å². The molecule has 1 aliphatic carbocycles. The second-order valence-corrected chi connectivity index (χ2v) is 12.4. The summed E-state index contributed by atoms with van der Waals surface area (Å²) in [5.41, 5.74) is -0.195. The van der Waals surface area contributed by atoms with Crippen LogP contribution in [0.2, 0.25) is 0 Å². The number of carboxylic acid groups (broad SMARTS) is 1. The number of likely N-dealkylation sites (tertiary alicyclic amines) is 1. The monoisotopic (exact) mass is 527 g/mol. The van der Waals surface area contributed by atoms with E-state index in [9.17, 15) is 19.5 Å². The van der Waals surface area contributed by atoms with E-state index in [1.54, 1.807) is 25.0 Å². The highest BCUT2D eigenvalue weighted by atomic mass is 32.1. The lowest BCUT2D eigenvalue weighted by Gasteiger charge is -2.47. The first-order chi connectivity index (χ1) is 17.4. The first-order valence-corrected chi connectivity index (χ1v) is 13.6. The van der Waals surface area contributed by atoms with Crippen LogP contribution >= 0.6 is 11.3 Å². The Morgan fingerprint density at radius 3 is 2.43 bits per heavy atom. The largest absolute Gasteiger partial charge is 0.497 e. The van der Waals surface area contributed by atoms with E-state index in [0.29, 0.717) is 30.7 Å². The van der Waals surface area contributed by atoms with Gasteiger partial charge in [0.05, 0.1) is 17.4 Å². The van der Waals surface area contributed by atoms with E-state index < -0.39 is 23.5 Å². The molecule has 1 saturated carbocycles. The summed E-state index contributed by atoms with van der Waals surface area (Å²) in [5.74, 6) is -0.604. The third-order valence-corrected chi connectivity index (χ3v) is 8.58. The SMILES string of the molecule is COc1ccc(-c2ccc(C(=O)NC3CCN([C@H]4CC[C@@H](NC(C)(C)C)C[C@@]4(C)C(=O)O)C3=O)s2)cc1. The number of amides is 2. The molecule has 4 rings (SSSR count). The number of hydrogen-bond donors (Lipinski definition) is 3. The van der Waals surface area contributed by atoms with Crippen molar-refractivity contribution in [1.29, 1.82) is 0 Å². The molecular formula is C28H37N3O5S. The number of carbonyl (C=O) groups excluding carboxylic acids is 2. The molecule has 2 fully saturated rings. The number of ether oxygens (including phenoxy) is 1. The van der Waals surface area contributed by atoms with Crippen molar-refractivity contribution >= 4 is 29.1 Å². The fourth-order valence-corrected chi connectivity index (χ4v) is 6.55. The fourth-order valence-electron chi connectivity index (χ4n) is 5.64. The molecule has 0 spiro atoms. The first-order valence-electron chi connectivity index (χ1n) is 12.8. The number of nitrogens with one attached hydrogen (secondary N) is 2. The molecule has 2 aliphatic rings. The minimum atomic E-state index is -1.06. The van der Waals surface area contributed by atoms with Crippen LogP contribution in [0.3, 0.4) is 0 Å². The minimum Gasteiger partial charge on any atom is -0.497 e. The molecule has 0 radical (unpaired) electrons. The number of aliphatic carboxylic acids is 1. The van der Waals surface area contributed by atoms with Crippen LogP contribution in [0.15, 0.2) is 36.4 Å². The molecule has 1 aromatic heterocycles. The van der Waals surface area contributed by atoms with Crippen molar-refractivity contribution in [3.63, 3.8) is 0 Å². The Morgan fingerprint density at radius 1 is 1.11 bits per heavy atom. The molecule has 8 nitrogen and oxygen atoms in total. The minimum absolute atomic E-state index is 0.0734. The molecule has 4 atom stereocenters. The number of rotatable bonds is 7. The van der Waals surface area contributed by atoms with Gasteiger partial charge in [0, 0.05) is 29.0 Å². The third kappa shape index (κ3) is 5.83. The normalized spacial score (nSPS) is 26.2. The number of methoxy groups -OCH3 is 1. The lowest BCUT2D eigenvalue weighted by Crippen LogP contribution is -2.59. The number of thiophene rings is 1. The zero-order valence-electron chi connectivity index (χ0n) is 22.2. The molecule has 2 amide bonds. The van der Waals surface area contributed by atoms with E-state index in [-0.39, 0.29) is 23.4 Å².